The Balaban J connectivity index is 1.74. The highest BCUT2D eigenvalue weighted by Crippen LogP contribution is 2.28. The maximum absolute atomic E-state index is 12.9. The molecule has 4 heterocycles. The van der Waals surface area contributed by atoms with Crippen molar-refractivity contribution < 1.29 is 13.2 Å². The van der Waals surface area contributed by atoms with Crippen molar-refractivity contribution in [3.05, 3.63) is 35.4 Å². The number of alkyl halides is 3. The van der Waals surface area contributed by atoms with Crippen LogP contribution >= 0.6 is 0 Å². The van der Waals surface area contributed by atoms with Crippen molar-refractivity contribution in [2.45, 2.75) is 19.1 Å². The van der Waals surface area contributed by atoms with E-state index < -0.39 is 12.0 Å². The van der Waals surface area contributed by atoms with E-state index in [2.05, 4.69) is 25.5 Å². The molecule has 3 aromatic heterocycles. The number of hydrogen-bond acceptors (Lipinski definition) is 5. The number of anilines is 1. The maximum Gasteiger partial charge on any atom is 0.453 e. The second-order valence-electron chi connectivity index (χ2n) is 5.03. The van der Waals surface area contributed by atoms with Crippen molar-refractivity contribution in [3.8, 4) is 0 Å². The van der Waals surface area contributed by atoms with E-state index in [0.29, 0.717) is 18.9 Å². The molecule has 0 atom stereocenters. The highest BCUT2D eigenvalue weighted by molar-refractivity contribution is 5.47. The standard InChI is InChI=1S/C12H10F3N7/c13-12(14,15)11-19-18-9-1-2-10(20-22(9)11)21-4-3-8-7(6-21)5-16-17-8/h1-2,5H,3-4,6H2,(H,16,17). The third-order valence-corrected chi connectivity index (χ3v) is 3.63. The number of aromatic amines is 1. The molecule has 0 bridgehead atoms. The monoisotopic (exact) mass is 309 g/mol. The van der Waals surface area contributed by atoms with Crippen LogP contribution in [0.4, 0.5) is 19.0 Å². The van der Waals surface area contributed by atoms with Crippen LogP contribution in [0.15, 0.2) is 18.3 Å². The molecule has 7 nitrogen and oxygen atoms in total. The number of fused-ring (bicyclic) bond motifs is 2. The van der Waals surface area contributed by atoms with Gasteiger partial charge in [0.15, 0.2) is 5.65 Å². The lowest BCUT2D eigenvalue weighted by molar-refractivity contribution is -0.146. The van der Waals surface area contributed by atoms with E-state index in [1.54, 1.807) is 12.3 Å². The Kier molecular flexibility index (Phi) is 2.62. The van der Waals surface area contributed by atoms with E-state index in [4.69, 9.17) is 0 Å². The van der Waals surface area contributed by atoms with Gasteiger partial charge < -0.3 is 4.90 Å². The molecule has 4 rings (SSSR count). The van der Waals surface area contributed by atoms with Crippen molar-refractivity contribution in [3.63, 3.8) is 0 Å². The molecular formula is C12H10F3N7. The Morgan fingerprint density at radius 1 is 1.18 bits per heavy atom. The Morgan fingerprint density at radius 3 is 2.86 bits per heavy atom. The molecule has 3 aromatic rings. The number of nitrogens with zero attached hydrogens (tertiary/aromatic N) is 6. The van der Waals surface area contributed by atoms with E-state index >= 15 is 0 Å². The predicted octanol–water partition coefficient (Wildman–Crippen LogP) is 1.43. The van der Waals surface area contributed by atoms with Gasteiger partial charge in [-0.05, 0) is 12.1 Å². The SMILES string of the molecule is FC(F)(F)c1nnc2ccc(N3CCc4[nH]ncc4C3)nn12. The number of aromatic nitrogens is 6. The fourth-order valence-electron chi connectivity index (χ4n) is 2.54. The molecule has 0 radical (unpaired) electrons. The third-order valence-electron chi connectivity index (χ3n) is 3.63. The molecule has 1 aliphatic rings. The zero-order valence-electron chi connectivity index (χ0n) is 11.2. The average molecular weight is 309 g/mol. The fourth-order valence-corrected chi connectivity index (χ4v) is 2.54. The lowest BCUT2D eigenvalue weighted by Gasteiger charge is -2.27. The van der Waals surface area contributed by atoms with Gasteiger partial charge in [0, 0.05) is 30.8 Å². The van der Waals surface area contributed by atoms with Gasteiger partial charge in [0.2, 0.25) is 0 Å². The van der Waals surface area contributed by atoms with E-state index in [0.717, 1.165) is 22.2 Å². The Bertz CT molecular complexity index is 835. The predicted molar refractivity (Wildman–Crippen MR) is 69.1 cm³/mol. The largest absolute Gasteiger partial charge is 0.453 e. The fraction of sp³-hybridized carbons (Fsp3) is 0.333. The summed E-state index contributed by atoms with van der Waals surface area (Å²) in [7, 11) is 0. The summed E-state index contributed by atoms with van der Waals surface area (Å²) in [6.07, 6.45) is -2.13. The van der Waals surface area contributed by atoms with Crippen LogP contribution in [0.3, 0.4) is 0 Å². The second-order valence-corrected chi connectivity index (χ2v) is 5.03. The van der Waals surface area contributed by atoms with E-state index in [-0.39, 0.29) is 5.65 Å². The molecule has 0 aliphatic carbocycles. The van der Waals surface area contributed by atoms with Gasteiger partial charge in [0.05, 0.1) is 6.20 Å². The first-order chi connectivity index (χ1) is 10.5. The molecule has 1 N–H and O–H groups in total. The van der Waals surface area contributed by atoms with Crippen molar-refractivity contribution in [1.82, 2.24) is 30.0 Å². The molecule has 1 aliphatic heterocycles. The lowest BCUT2D eigenvalue weighted by Crippen LogP contribution is -2.31. The number of hydrogen-bond donors (Lipinski definition) is 1. The van der Waals surface area contributed by atoms with Gasteiger partial charge in [-0.15, -0.1) is 15.3 Å². The van der Waals surface area contributed by atoms with E-state index in [1.165, 1.54) is 6.07 Å². The quantitative estimate of drug-likeness (QED) is 0.736. The number of H-pyrrole nitrogens is 1. The molecule has 0 aromatic carbocycles. The number of halogens is 3. The first-order valence-electron chi connectivity index (χ1n) is 6.58. The molecule has 0 amide bonds. The van der Waals surface area contributed by atoms with Crippen LogP contribution in [-0.2, 0) is 19.1 Å². The maximum atomic E-state index is 12.9. The van der Waals surface area contributed by atoms with Crippen molar-refractivity contribution in [2.24, 2.45) is 0 Å². The molecule has 0 fully saturated rings. The summed E-state index contributed by atoms with van der Waals surface area (Å²) >= 11 is 0. The summed E-state index contributed by atoms with van der Waals surface area (Å²) in [6, 6.07) is 3.13. The first kappa shape index (κ1) is 13.0. The van der Waals surface area contributed by atoms with Gasteiger partial charge in [-0.3, -0.25) is 5.10 Å². The summed E-state index contributed by atoms with van der Waals surface area (Å²) in [5, 5.41) is 17.6. The molecule has 22 heavy (non-hydrogen) atoms. The molecule has 0 spiro atoms. The smallest absolute Gasteiger partial charge is 0.350 e. The molecule has 10 heteroatoms. The summed E-state index contributed by atoms with van der Waals surface area (Å²) in [4.78, 5) is 1.90. The molecule has 0 unspecified atom stereocenters. The highest BCUT2D eigenvalue weighted by atomic mass is 19.4. The van der Waals surface area contributed by atoms with Crippen LogP contribution < -0.4 is 4.90 Å². The van der Waals surface area contributed by atoms with Crippen molar-refractivity contribution in [1.29, 1.82) is 0 Å². The van der Waals surface area contributed by atoms with Crippen LogP contribution in [0, 0.1) is 0 Å². The van der Waals surface area contributed by atoms with Gasteiger partial charge in [0.1, 0.15) is 5.82 Å². The van der Waals surface area contributed by atoms with Crippen molar-refractivity contribution >= 4 is 11.5 Å². The van der Waals surface area contributed by atoms with Crippen molar-refractivity contribution in [2.75, 3.05) is 11.4 Å². The molecule has 114 valence electrons. The van der Waals surface area contributed by atoms with Crippen LogP contribution in [0.25, 0.3) is 5.65 Å². The van der Waals surface area contributed by atoms with Gasteiger partial charge in [-0.25, -0.2) is 0 Å². The van der Waals surface area contributed by atoms with Gasteiger partial charge in [0.25, 0.3) is 5.82 Å². The minimum atomic E-state index is -4.59. The van der Waals surface area contributed by atoms with Gasteiger partial charge in [-0.2, -0.15) is 22.8 Å². The minimum Gasteiger partial charge on any atom is -0.350 e. The summed E-state index contributed by atoms with van der Waals surface area (Å²) in [5.74, 6) is -0.671. The first-order valence-corrected chi connectivity index (χ1v) is 6.58. The van der Waals surface area contributed by atoms with Crippen LogP contribution in [0.2, 0.25) is 0 Å². The van der Waals surface area contributed by atoms with Gasteiger partial charge in [-0.1, -0.05) is 0 Å². The second kappa shape index (κ2) is 4.42. The highest BCUT2D eigenvalue weighted by Gasteiger charge is 2.37. The normalized spacial score (nSPS) is 15.3. The summed E-state index contributed by atoms with van der Waals surface area (Å²) in [6.45, 7) is 1.20. The summed E-state index contributed by atoms with van der Waals surface area (Å²) in [5.41, 5.74) is 2.14. The average Bonchev–Trinajstić information content (AvgIpc) is 3.11. The Labute approximate surface area is 121 Å². The van der Waals surface area contributed by atoms with Gasteiger partial charge >= 0.3 is 6.18 Å². The van der Waals surface area contributed by atoms with E-state index in [9.17, 15) is 13.2 Å². The number of rotatable bonds is 1. The zero-order valence-corrected chi connectivity index (χ0v) is 11.2. The minimum absolute atomic E-state index is 0.0667. The molecule has 0 saturated carbocycles. The van der Waals surface area contributed by atoms with Crippen LogP contribution in [-0.4, -0.2) is 36.6 Å². The number of nitrogens with one attached hydrogen (secondary N) is 1. The summed E-state index contributed by atoms with van der Waals surface area (Å²) < 4.78 is 39.4. The Hall–Kier alpha value is -2.65. The zero-order chi connectivity index (χ0) is 15.3. The lowest BCUT2D eigenvalue weighted by atomic mass is 10.1. The Morgan fingerprint density at radius 2 is 2.05 bits per heavy atom. The van der Waals surface area contributed by atoms with Crippen LogP contribution in [0.1, 0.15) is 17.1 Å². The van der Waals surface area contributed by atoms with E-state index in [1.807, 2.05) is 4.90 Å². The third kappa shape index (κ3) is 1.98. The molecule has 0 saturated heterocycles. The molecular weight excluding hydrogens is 299 g/mol. The topological polar surface area (TPSA) is 75.0 Å². The van der Waals surface area contributed by atoms with Crippen LogP contribution in [0.5, 0.6) is 0 Å².